The number of nitrogens with zero attached hydrogens (tertiary/aromatic N) is 2. The molecule has 0 radical (unpaired) electrons. The SMILES string of the molecule is CC1(C)CN(C2(CN)CCN(C3CC3)C2)CC(C)(C)O1. The van der Waals surface area contributed by atoms with Crippen molar-refractivity contribution in [1.82, 2.24) is 9.80 Å². The van der Waals surface area contributed by atoms with Crippen LogP contribution >= 0.6 is 0 Å². The largest absolute Gasteiger partial charge is 0.367 e. The van der Waals surface area contributed by atoms with Crippen molar-refractivity contribution in [1.29, 1.82) is 0 Å². The van der Waals surface area contributed by atoms with E-state index in [4.69, 9.17) is 10.5 Å². The molecule has 2 aliphatic heterocycles. The van der Waals surface area contributed by atoms with E-state index in [1.165, 1.54) is 25.8 Å². The van der Waals surface area contributed by atoms with Crippen molar-refractivity contribution in [3.63, 3.8) is 0 Å². The predicted octanol–water partition coefficient (Wildman–Crippen LogP) is 1.44. The smallest absolute Gasteiger partial charge is 0.0761 e. The Labute approximate surface area is 123 Å². The zero-order chi connectivity index (χ0) is 14.6. The molecule has 0 aromatic rings. The van der Waals surface area contributed by atoms with Gasteiger partial charge in [0.1, 0.15) is 0 Å². The summed E-state index contributed by atoms with van der Waals surface area (Å²) in [6.07, 6.45) is 3.99. The highest BCUT2D eigenvalue weighted by atomic mass is 16.5. The first-order valence-electron chi connectivity index (χ1n) is 8.15. The topological polar surface area (TPSA) is 41.7 Å². The molecule has 3 aliphatic rings. The fourth-order valence-corrected chi connectivity index (χ4v) is 4.32. The molecule has 0 aromatic heterocycles. The molecule has 3 rings (SSSR count). The van der Waals surface area contributed by atoms with Gasteiger partial charge in [-0.3, -0.25) is 9.80 Å². The molecular formula is C16H31N3O. The van der Waals surface area contributed by atoms with Gasteiger partial charge >= 0.3 is 0 Å². The molecule has 4 heteroatoms. The highest BCUT2D eigenvalue weighted by Crippen LogP contribution is 2.39. The quantitative estimate of drug-likeness (QED) is 0.850. The number of nitrogens with two attached hydrogens (primary N) is 1. The Morgan fingerprint density at radius 2 is 1.65 bits per heavy atom. The highest BCUT2D eigenvalue weighted by Gasteiger charge is 2.50. The predicted molar refractivity (Wildman–Crippen MR) is 81.8 cm³/mol. The molecule has 1 atom stereocenters. The lowest BCUT2D eigenvalue weighted by Gasteiger charge is -2.53. The normalized spacial score (nSPS) is 38.2. The van der Waals surface area contributed by atoms with Crippen molar-refractivity contribution in [3.8, 4) is 0 Å². The monoisotopic (exact) mass is 281 g/mol. The lowest BCUT2D eigenvalue weighted by molar-refractivity contribution is -0.197. The van der Waals surface area contributed by atoms with Crippen LogP contribution in [0.4, 0.5) is 0 Å². The zero-order valence-electron chi connectivity index (χ0n) is 13.6. The van der Waals surface area contributed by atoms with E-state index in [9.17, 15) is 0 Å². The second-order valence-electron chi connectivity index (χ2n) is 8.36. The van der Waals surface area contributed by atoms with E-state index in [2.05, 4.69) is 37.5 Å². The first kappa shape index (κ1) is 14.8. The third kappa shape index (κ3) is 2.76. The Bertz CT molecular complexity index is 362. The summed E-state index contributed by atoms with van der Waals surface area (Å²) in [5.41, 5.74) is 6.25. The third-order valence-electron chi connectivity index (χ3n) is 5.17. The second-order valence-corrected chi connectivity index (χ2v) is 8.36. The van der Waals surface area contributed by atoms with Gasteiger partial charge in [-0.1, -0.05) is 0 Å². The molecule has 0 spiro atoms. The summed E-state index contributed by atoms with van der Waals surface area (Å²) in [5, 5.41) is 0. The molecule has 1 aliphatic carbocycles. The van der Waals surface area contributed by atoms with Crippen molar-refractivity contribution in [2.75, 3.05) is 32.7 Å². The summed E-state index contributed by atoms with van der Waals surface area (Å²) in [7, 11) is 0. The van der Waals surface area contributed by atoms with Crippen molar-refractivity contribution in [2.45, 2.75) is 69.7 Å². The molecule has 2 N–H and O–H groups in total. The van der Waals surface area contributed by atoms with E-state index in [0.717, 1.165) is 32.2 Å². The van der Waals surface area contributed by atoms with Crippen LogP contribution in [-0.2, 0) is 4.74 Å². The molecular weight excluding hydrogens is 250 g/mol. The average molecular weight is 281 g/mol. The van der Waals surface area contributed by atoms with Crippen molar-refractivity contribution < 1.29 is 4.74 Å². The summed E-state index contributed by atoms with van der Waals surface area (Å²) in [4.78, 5) is 5.31. The number of morpholine rings is 1. The molecule has 0 amide bonds. The Hall–Kier alpha value is -0.160. The van der Waals surface area contributed by atoms with Gasteiger partial charge in [0, 0.05) is 44.3 Å². The Balaban J connectivity index is 1.78. The maximum absolute atomic E-state index is 6.25. The van der Waals surface area contributed by atoms with Crippen LogP contribution in [0, 0.1) is 0 Å². The lowest BCUT2D eigenvalue weighted by Crippen LogP contribution is -2.66. The number of likely N-dealkylation sites (tertiary alicyclic amines) is 1. The molecule has 3 fully saturated rings. The van der Waals surface area contributed by atoms with Crippen molar-refractivity contribution in [3.05, 3.63) is 0 Å². The first-order valence-corrected chi connectivity index (χ1v) is 8.15. The fourth-order valence-electron chi connectivity index (χ4n) is 4.32. The van der Waals surface area contributed by atoms with Crippen LogP contribution in [0.25, 0.3) is 0 Å². The number of hydrogen-bond acceptors (Lipinski definition) is 4. The van der Waals surface area contributed by atoms with Gasteiger partial charge in [0.2, 0.25) is 0 Å². The van der Waals surface area contributed by atoms with E-state index in [0.29, 0.717) is 0 Å². The van der Waals surface area contributed by atoms with Gasteiger partial charge in [-0.2, -0.15) is 0 Å². The Morgan fingerprint density at radius 1 is 1.05 bits per heavy atom. The van der Waals surface area contributed by atoms with E-state index in [1.54, 1.807) is 0 Å². The summed E-state index contributed by atoms with van der Waals surface area (Å²) < 4.78 is 6.23. The minimum absolute atomic E-state index is 0.0864. The van der Waals surface area contributed by atoms with Gasteiger partial charge in [-0.05, 0) is 47.0 Å². The van der Waals surface area contributed by atoms with Crippen LogP contribution in [0.15, 0.2) is 0 Å². The highest BCUT2D eigenvalue weighted by molar-refractivity contribution is 5.07. The summed E-state index contributed by atoms with van der Waals surface area (Å²) >= 11 is 0. The van der Waals surface area contributed by atoms with Gasteiger partial charge in [0.25, 0.3) is 0 Å². The summed E-state index contributed by atoms with van der Waals surface area (Å²) in [6, 6.07) is 0.852. The van der Waals surface area contributed by atoms with Crippen LogP contribution in [0.1, 0.15) is 47.0 Å². The molecule has 2 heterocycles. The molecule has 20 heavy (non-hydrogen) atoms. The van der Waals surface area contributed by atoms with Crippen LogP contribution in [0.2, 0.25) is 0 Å². The molecule has 4 nitrogen and oxygen atoms in total. The van der Waals surface area contributed by atoms with Crippen LogP contribution in [0.5, 0.6) is 0 Å². The van der Waals surface area contributed by atoms with Gasteiger partial charge in [-0.15, -0.1) is 0 Å². The maximum atomic E-state index is 6.25. The van der Waals surface area contributed by atoms with Gasteiger partial charge in [0.15, 0.2) is 0 Å². The van der Waals surface area contributed by atoms with Gasteiger partial charge in [-0.25, -0.2) is 0 Å². The molecule has 0 bridgehead atoms. The molecule has 116 valence electrons. The Morgan fingerprint density at radius 3 is 2.15 bits per heavy atom. The standard InChI is InChI=1S/C16H31N3O/c1-14(2)10-19(11-15(3,4)20-14)16(9-17)7-8-18(12-16)13-5-6-13/h13H,5-12,17H2,1-4H3. The summed E-state index contributed by atoms with van der Waals surface area (Å²) in [6.45, 7) is 14.0. The van der Waals surface area contributed by atoms with Gasteiger partial charge < -0.3 is 10.5 Å². The van der Waals surface area contributed by atoms with E-state index in [1.807, 2.05) is 0 Å². The molecule has 0 aromatic carbocycles. The van der Waals surface area contributed by atoms with E-state index < -0.39 is 0 Å². The summed E-state index contributed by atoms with van der Waals surface area (Å²) in [5.74, 6) is 0. The fraction of sp³-hybridized carbons (Fsp3) is 1.00. The Kier molecular flexibility index (Phi) is 3.45. The van der Waals surface area contributed by atoms with Crippen molar-refractivity contribution >= 4 is 0 Å². The van der Waals surface area contributed by atoms with Crippen LogP contribution in [0.3, 0.4) is 0 Å². The molecule has 1 unspecified atom stereocenters. The number of hydrogen-bond donors (Lipinski definition) is 1. The second kappa shape index (κ2) is 4.67. The molecule has 1 saturated carbocycles. The van der Waals surface area contributed by atoms with Gasteiger partial charge in [0.05, 0.1) is 11.2 Å². The lowest BCUT2D eigenvalue weighted by atomic mass is 9.89. The zero-order valence-corrected chi connectivity index (χ0v) is 13.6. The third-order valence-corrected chi connectivity index (χ3v) is 5.17. The number of rotatable bonds is 3. The first-order chi connectivity index (χ1) is 9.25. The van der Waals surface area contributed by atoms with E-state index >= 15 is 0 Å². The number of ether oxygens (including phenoxy) is 1. The minimum Gasteiger partial charge on any atom is -0.367 e. The van der Waals surface area contributed by atoms with Crippen LogP contribution in [-0.4, -0.2) is 65.3 Å². The van der Waals surface area contributed by atoms with E-state index in [-0.39, 0.29) is 16.7 Å². The average Bonchev–Trinajstić information content (AvgIpc) is 3.05. The minimum atomic E-state index is -0.0864. The molecule has 2 saturated heterocycles. The maximum Gasteiger partial charge on any atom is 0.0761 e. The van der Waals surface area contributed by atoms with Crippen LogP contribution < -0.4 is 5.73 Å². The van der Waals surface area contributed by atoms with Crippen molar-refractivity contribution in [2.24, 2.45) is 5.73 Å².